The van der Waals surface area contributed by atoms with E-state index in [0.29, 0.717) is 41.8 Å². The zero-order valence-corrected chi connectivity index (χ0v) is 23.7. The zero-order valence-electron chi connectivity index (χ0n) is 22.2. The van der Waals surface area contributed by atoms with Crippen LogP contribution in [0.3, 0.4) is 0 Å². The maximum Gasteiger partial charge on any atom is 0.303 e. The largest absolute Gasteiger partial charge is 0.497 e. The van der Waals surface area contributed by atoms with E-state index in [4.69, 9.17) is 38.4 Å². The van der Waals surface area contributed by atoms with Gasteiger partial charge in [0, 0.05) is 38.1 Å². The number of nitrogens with two attached hydrogens (primary N) is 1. The molecular formula is C28H34Cl2N4O6. The van der Waals surface area contributed by atoms with Gasteiger partial charge in [-0.3, -0.25) is 19.3 Å². The summed E-state index contributed by atoms with van der Waals surface area (Å²) in [4.78, 5) is 42.3. The van der Waals surface area contributed by atoms with Gasteiger partial charge < -0.3 is 30.5 Å². The van der Waals surface area contributed by atoms with Gasteiger partial charge in [-0.05, 0) is 61.2 Å². The Hall–Kier alpha value is -3.05. The number of hydrogen-bond donors (Lipinski definition) is 3. The Bertz CT molecular complexity index is 1210. The summed E-state index contributed by atoms with van der Waals surface area (Å²) in [5.74, 6) is -0.296. The number of amides is 2. The van der Waals surface area contributed by atoms with E-state index in [1.165, 1.54) is 4.90 Å². The summed E-state index contributed by atoms with van der Waals surface area (Å²) in [5.41, 5.74) is 7.01. The van der Waals surface area contributed by atoms with Gasteiger partial charge in [-0.15, -0.1) is 0 Å². The number of carbonyl (C=O) groups is 3. The summed E-state index contributed by atoms with van der Waals surface area (Å²) >= 11 is 12.1. The van der Waals surface area contributed by atoms with Crippen LogP contribution in [-0.2, 0) is 20.9 Å². The van der Waals surface area contributed by atoms with E-state index in [0.717, 1.165) is 11.3 Å². The van der Waals surface area contributed by atoms with Crippen molar-refractivity contribution < 1.29 is 29.0 Å². The van der Waals surface area contributed by atoms with Crippen molar-refractivity contribution in [3.8, 4) is 11.5 Å². The van der Waals surface area contributed by atoms with E-state index < -0.39 is 24.0 Å². The first-order valence-corrected chi connectivity index (χ1v) is 13.9. The first kappa shape index (κ1) is 29.9. The number of rotatable bonds is 11. The third kappa shape index (κ3) is 7.37. The molecule has 2 heterocycles. The second kappa shape index (κ2) is 13.5. The fourth-order valence-electron chi connectivity index (χ4n) is 5.29. The second-order valence-electron chi connectivity index (χ2n) is 10.1. The highest BCUT2D eigenvalue weighted by molar-refractivity contribution is 6.42. The van der Waals surface area contributed by atoms with Gasteiger partial charge in [0.05, 0.1) is 23.2 Å². The molecule has 2 amide bonds. The zero-order chi connectivity index (χ0) is 28.8. The van der Waals surface area contributed by atoms with Gasteiger partial charge in [0.1, 0.15) is 24.1 Å². The van der Waals surface area contributed by atoms with Gasteiger partial charge in [0.25, 0.3) is 0 Å². The van der Waals surface area contributed by atoms with E-state index in [1.807, 2.05) is 24.3 Å². The summed E-state index contributed by atoms with van der Waals surface area (Å²) in [6.07, 6.45) is 0.715. The first-order valence-electron chi connectivity index (χ1n) is 13.2. The predicted octanol–water partition coefficient (Wildman–Crippen LogP) is 2.93. The van der Waals surface area contributed by atoms with E-state index >= 15 is 0 Å². The molecule has 4 atom stereocenters. The average Bonchev–Trinajstić information content (AvgIpc) is 3.28. The van der Waals surface area contributed by atoms with Crippen molar-refractivity contribution in [2.45, 2.75) is 56.4 Å². The lowest BCUT2D eigenvalue weighted by Gasteiger charge is -2.32. The quantitative estimate of drug-likeness (QED) is 0.362. The monoisotopic (exact) mass is 592 g/mol. The molecule has 4 rings (SSSR count). The number of halogens is 2. The van der Waals surface area contributed by atoms with Gasteiger partial charge in [-0.1, -0.05) is 29.3 Å². The second-order valence-corrected chi connectivity index (χ2v) is 10.9. The Kier molecular flexibility index (Phi) is 10.1. The van der Waals surface area contributed by atoms with E-state index in [9.17, 15) is 19.5 Å². The molecule has 0 saturated carbocycles. The lowest BCUT2D eigenvalue weighted by molar-refractivity contribution is -0.144. The average molecular weight is 594 g/mol. The Morgan fingerprint density at radius 2 is 1.88 bits per heavy atom. The molecule has 2 fully saturated rings. The number of ether oxygens (including phenoxy) is 2. The molecule has 12 heteroatoms. The van der Waals surface area contributed by atoms with Gasteiger partial charge in [-0.25, -0.2) is 0 Å². The van der Waals surface area contributed by atoms with Crippen LogP contribution in [-0.4, -0.2) is 83.7 Å². The molecule has 2 aromatic rings. The van der Waals surface area contributed by atoms with E-state index in [1.54, 1.807) is 25.3 Å². The maximum absolute atomic E-state index is 13.8. The van der Waals surface area contributed by atoms with Crippen molar-refractivity contribution in [3.05, 3.63) is 58.1 Å². The smallest absolute Gasteiger partial charge is 0.303 e. The van der Waals surface area contributed by atoms with Crippen LogP contribution in [0.1, 0.15) is 31.2 Å². The van der Waals surface area contributed by atoms with Crippen LogP contribution in [0.25, 0.3) is 0 Å². The minimum Gasteiger partial charge on any atom is -0.497 e. The number of nitrogens with zero attached hydrogens (tertiary/aromatic N) is 2. The van der Waals surface area contributed by atoms with Crippen molar-refractivity contribution in [1.82, 2.24) is 15.1 Å². The van der Waals surface area contributed by atoms with Crippen LogP contribution in [0.15, 0.2) is 42.5 Å². The van der Waals surface area contributed by atoms with Crippen LogP contribution < -0.4 is 20.5 Å². The van der Waals surface area contributed by atoms with Gasteiger partial charge in [0.2, 0.25) is 11.8 Å². The molecule has 1 unspecified atom stereocenters. The number of carbonyl (C=O) groups excluding carboxylic acids is 2. The summed E-state index contributed by atoms with van der Waals surface area (Å²) in [7, 11) is 1.60. The molecule has 2 aliphatic heterocycles. The first-order chi connectivity index (χ1) is 19.2. The number of nitrogens with one attached hydrogen (secondary N) is 1. The summed E-state index contributed by atoms with van der Waals surface area (Å²) in [6, 6.07) is 10.5. The molecule has 4 N–H and O–H groups in total. The maximum atomic E-state index is 13.8. The molecule has 2 saturated heterocycles. The Morgan fingerprint density at radius 1 is 1.15 bits per heavy atom. The van der Waals surface area contributed by atoms with Crippen LogP contribution in [0.4, 0.5) is 0 Å². The third-order valence-corrected chi connectivity index (χ3v) is 8.11. The highest BCUT2D eigenvalue weighted by atomic mass is 35.5. The fraction of sp³-hybridized carbons (Fsp3) is 0.464. The number of aliphatic carboxylic acids is 1. The topological polar surface area (TPSA) is 134 Å². The summed E-state index contributed by atoms with van der Waals surface area (Å²) in [5, 5.41) is 13.0. The van der Waals surface area contributed by atoms with Crippen LogP contribution >= 0.6 is 23.2 Å². The lowest BCUT2D eigenvalue weighted by Crippen LogP contribution is -2.53. The summed E-state index contributed by atoms with van der Waals surface area (Å²) in [6.45, 7) is 1.30. The molecule has 216 valence electrons. The number of carboxylic acids is 1. The number of hydrogen-bond acceptors (Lipinski definition) is 7. The molecule has 2 aliphatic rings. The molecule has 0 bridgehead atoms. The lowest BCUT2D eigenvalue weighted by atomic mass is 10.1. The molecular weight excluding hydrogens is 559 g/mol. The standard InChI is InChI=1S/C28H34Cl2N4O6/c1-39-20-3-5-21(6-4-20)40-16-19-10-11-33(28(38)25-13-18(31)15-34(19)25)24(8-9-26(35)36)27(37)32-14-17-2-7-22(29)23(30)12-17/h2-7,12,18-19,24-25H,8-11,13-16,31H2,1H3,(H,32,37)(H,35,36)/t18-,19?,24-,25+/m1/s1. The van der Waals surface area contributed by atoms with E-state index in [2.05, 4.69) is 10.2 Å². The molecule has 0 radical (unpaired) electrons. The highest BCUT2D eigenvalue weighted by Gasteiger charge is 2.46. The SMILES string of the molecule is COc1ccc(OCC2CCN([C@H](CCC(=O)O)C(=O)NCc3ccc(Cl)c(Cl)c3)C(=O)[C@@H]3C[C@@H](N)CN23)cc1. The van der Waals surface area contributed by atoms with Crippen LogP contribution in [0, 0.1) is 0 Å². The van der Waals surface area contributed by atoms with Gasteiger partial charge in [-0.2, -0.15) is 0 Å². The third-order valence-electron chi connectivity index (χ3n) is 7.38. The Morgan fingerprint density at radius 3 is 2.55 bits per heavy atom. The van der Waals surface area contributed by atoms with Crippen molar-refractivity contribution in [3.63, 3.8) is 0 Å². The van der Waals surface area contributed by atoms with Gasteiger partial charge >= 0.3 is 5.97 Å². The van der Waals surface area contributed by atoms with E-state index in [-0.39, 0.29) is 43.9 Å². The molecule has 0 aromatic heterocycles. The number of methoxy groups -OCH3 is 1. The molecule has 40 heavy (non-hydrogen) atoms. The molecule has 10 nitrogen and oxygen atoms in total. The number of carboxylic acid groups (broad SMARTS) is 1. The highest BCUT2D eigenvalue weighted by Crippen LogP contribution is 2.29. The molecule has 2 aromatic carbocycles. The Labute approximate surface area is 243 Å². The Balaban J connectivity index is 1.50. The number of benzene rings is 2. The van der Waals surface area contributed by atoms with Crippen molar-refractivity contribution in [2.24, 2.45) is 5.73 Å². The van der Waals surface area contributed by atoms with Crippen molar-refractivity contribution >= 4 is 41.0 Å². The normalized spacial score (nSPS) is 21.9. The molecule has 0 aliphatic carbocycles. The van der Waals surface area contributed by atoms with Crippen LogP contribution in [0.2, 0.25) is 10.0 Å². The fourth-order valence-corrected chi connectivity index (χ4v) is 5.62. The molecule has 0 spiro atoms. The van der Waals surface area contributed by atoms with Crippen molar-refractivity contribution in [1.29, 1.82) is 0 Å². The summed E-state index contributed by atoms with van der Waals surface area (Å²) < 4.78 is 11.3. The van der Waals surface area contributed by atoms with Crippen molar-refractivity contribution in [2.75, 3.05) is 26.8 Å². The van der Waals surface area contributed by atoms with Gasteiger partial charge in [0.15, 0.2) is 0 Å². The van der Waals surface area contributed by atoms with Crippen LogP contribution in [0.5, 0.6) is 11.5 Å². The number of fused-ring (bicyclic) bond motifs is 1. The minimum atomic E-state index is -1.04. The predicted molar refractivity (Wildman–Crippen MR) is 151 cm³/mol. The minimum absolute atomic E-state index is 0.0138.